The van der Waals surface area contributed by atoms with Gasteiger partial charge in [-0.15, -0.1) is 0 Å². The largest absolute Gasteiger partial charge is 0.394 e. The van der Waals surface area contributed by atoms with Gasteiger partial charge in [0, 0.05) is 37.9 Å². The van der Waals surface area contributed by atoms with Crippen LogP contribution < -0.4 is 5.32 Å². The van der Waals surface area contributed by atoms with Crippen molar-refractivity contribution in [2.45, 2.75) is 51.1 Å². The molecule has 126 valence electrons. The summed E-state index contributed by atoms with van der Waals surface area (Å²) in [5, 5.41) is 13.1. The van der Waals surface area contributed by atoms with Gasteiger partial charge < -0.3 is 19.9 Å². The van der Waals surface area contributed by atoms with Crippen LogP contribution in [-0.4, -0.2) is 74.8 Å². The van der Waals surface area contributed by atoms with Gasteiger partial charge in [0.1, 0.15) is 0 Å². The average Bonchev–Trinajstić information content (AvgIpc) is 2.53. The highest BCUT2D eigenvalue weighted by atomic mass is 16.5. The Kier molecular flexibility index (Phi) is 9.44. The van der Waals surface area contributed by atoms with Gasteiger partial charge in [-0.3, -0.25) is 4.90 Å². The molecule has 2 unspecified atom stereocenters. The highest BCUT2D eigenvalue weighted by Crippen LogP contribution is 2.30. The Bertz CT molecular complexity index is 250. The van der Waals surface area contributed by atoms with Gasteiger partial charge in [0.15, 0.2) is 0 Å². The van der Waals surface area contributed by atoms with E-state index in [0.717, 1.165) is 58.8 Å². The summed E-state index contributed by atoms with van der Waals surface area (Å²) >= 11 is 0. The zero-order valence-electron chi connectivity index (χ0n) is 14.1. The van der Waals surface area contributed by atoms with Crippen LogP contribution in [0.4, 0.5) is 0 Å². The number of ether oxygens (including phenoxy) is 2. The van der Waals surface area contributed by atoms with Crippen molar-refractivity contribution >= 4 is 0 Å². The fraction of sp³-hybridized carbons (Fsp3) is 1.00. The molecule has 1 saturated carbocycles. The van der Waals surface area contributed by atoms with Crippen LogP contribution in [-0.2, 0) is 9.47 Å². The second-order valence-electron chi connectivity index (χ2n) is 5.87. The number of likely N-dealkylation sites (N-methyl/N-ethyl adjacent to an activating group) is 1. The molecule has 1 fully saturated rings. The Balaban J connectivity index is 2.57. The second-order valence-corrected chi connectivity index (χ2v) is 5.87. The van der Waals surface area contributed by atoms with Gasteiger partial charge in [-0.25, -0.2) is 0 Å². The first kappa shape index (κ1) is 18.8. The predicted molar refractivity (Wildman–Crippen MR) is 85.7 cm³/mol. The summed E-state index contributed by atoms with van der Waals surface area (Å²) in [5.41, 5.74) is -0.113. The fourth-order valence-electron chi connectivity index (χ4n) is 3.22. The van der Waals surface area contributed by atoms with E-state index in [4.69, 9.17) is 9.47 Å². The highest BCUT2D eigenvalue weighted by molar-refractivity contribution is 4.95. The van der Waals surface area contributed by atoms with Crippen LogP contribution in [0.1, 0.15) is 39.5 Å². The molecule has 5 heteroatoms. The van der Waals surface area contributed by atoms with Crippen LogP contribution in [0.2, 0.25) is 0 Å². The molecule has 1 rings (SSSR count). The Hall–Kier alpha value is -0.200. The van der Waals surface area contributed by atoms with E-state index in [2.05, 4.69) is 10.2 Å². The molecule has 0 heterocycles. The molecule has 2 N–H and O–H groups in total. The zero-order valence-corrected chi connectivity index (χ0v) is 14.1. The lowest BCUT2D eigenvalue weighted by molar-refractivity contribution is 0.0254. The summed E-state index contributed by atoms with van der Waals surface area (Å²) in [6.45, 7) is 9.22. The van der Waals surface area contributed by atoms with Crippen LogP contribution in [0.15, 0.2) is 0 Å². The summed E-state index contributed by atoms with van der Waals surface area (Å²) in [5.74, 6) is 0. The van der Waals surface area contributed by atoms with Crippen LogP contribution in [0, 0.1) is 0 Å². The standard InChI is InChI=1S/C16H34N2O3/c1-4-20-11-9-18(10-12-21-5-2)15-7-6-8-16(13-15,14-19)17-3/h15,17,19H,4-14H2,1-3H3. The Morgan fingerprint density at radius 2 is 1.81 bits per heavy atom. The van der Waals surface area contributed by atoms with Crippen molar-refractivity contribution in [3.05, 3.63) is 0 Å². The quantitative estimate of drug-likeness (QED) is 0.563. The van der Waals surface area contributed by atoms with Crippen LogP contribution in [0.25, 0.3) is 0 Å². The molecule has 1 aliphatic rings. The van der Waals surface area contributed by atoms with E-state index < -0.39 is 0 Å². The van der Waals surface area contributed by atoms with Crippen molar-refractivity contribution < 1.29 is 14.6 Å². The molecule has 0 saturated heterocycles. The molecule has 2 atom stereocenters. The maximum absolute atomic E-state index is 9.74. The van der Waals surface area contributed by atoms with Gasteiger partial charge in [0.25, 0.3) is 0 Å². The second kappa shape index (κ2) is 10.5. The normalized spacial score (nSPS) is 26.4. The van der Waals surface area contributed by atoms with E-state index in [1.165, 1.54) is 6.42 Å². The van der Waals surface area contributed by atoms with Crippen molar-refractivity contribution in [2.75, 3.05) is 53.2 Å². The Morgan fingerprint density at radius 1 is 1.19 bits per heavy atom. The third kappa shape index (κ3) is 6.20. The number of rotatable bonds is 11. The van der Waals surface area contributed by atoms with Crippen molar-refractivity contribution in [3.63, 3.8) is 0 Å². The summed E-state index contributed by atoms with van der Waals surface area (Å²) in [6, 6.07) is 0.499. The van der Waals surface area contributed by atoms with Crippen LogP contribution in [0.5, 0.6) is 0 Å². The van der Waals surface area contributed by atoms with Crippen molar-refractivity contribution in [1.82, 2.24) is 10.2 Å². The van der Waals surface area contributed by atoms with E-state index in [9.17, 15) is 5.11 Å². The van der Waals surface area contributed by atoms with Gasteiger partial charge in [-0.1, -0.05) is 0 Å². The molecule has 1 aliphatic carbocycles. The van der Waals surface area contributed by atoms with Gasteiger partial charge in [0.2, 0.25) is 0 Å². The number of hydrogen-bond donors (Lipinski definition) is 2. The molecule has 0 aromatic rings. The number of aliphatic hydroxyl groups excluding tert-OH is 1. The van der Waals surface area contributed by atoms with Gasteiger partial charge >= 0.3 is 0 Å². The molecule has 21 heavy (non-hydrogen) atoms. The third-order valence-electron chi connectivity index (χ3n) is 4.62. The van der Waals surface area contributed by atoms with Gasteiger partial charge in [-0.05, 0) is 46.6 Å². The van der Waals surface area contributed by atoms with E-state index in [0.29, 0.717) is 6.04 Å². The first-order valence-corrected chi connectivity index (χ1v) is 8.40. The molecule has 5 nitrogen and oxygen atoms in total. The smallest absolute Gasteiger partial charge is 0.0613 e. The number of hydrogen-bond acceptors (Lipinski definition) is 5. The number of aliphatic hydroxyl groups is 1. The summed E-state index contributed by atoms with van der Waals surface area (Å²) < 4.78 is 11.0. The molecule has 0 amide bonds. The SMILES string of the molecule is CCOCCN(CCOCC)C1CCCC(CO)(NC)C1. The minimum atomic E-state index is -0.113. The van der Waals surface area contributed by atoms with E-state index >= 15 is 0 Å². The van der Waals surface area contributed by atoms with Crippen LogP contribution in [0.3, 0.4) is 0 Å². The summed E-state index contributed by atoms with van der Waals surface area (Å²) in [6.07, 6.45) is 4.41. The predicted octanol–water partition coefficient (Wildman–Crippen LogP) is 1.25. The van der Waals surface area contributed by atoms with E-state index in [1.54, 1.807) is 0 Å². The molecule has 0 radical (unpaired) electrons. The van der Waals surface area contributed by atoms with Crippen molar-refractivity contribution in [1.29, 1.82) is 0 Å². The Labute approximate surface area is 130 Å². The lowest BCUT2D eigenvalue weighted by atomic mass is 9.79. The molecule has 0 spiro atoms. The van der Waals surface area contributed by atoms with Crippen LogP contribution >= 0.6 is 0 Å². The molecule has 0 aromatic heterocycles. The Morgan fingerprint density at radius 3 is 2.29 bits per heavy atom. The first-order valence-electron chi connectivity index (χ1n) is 8.40. The summed E-state index contributed by atoms with van der Waals surface area (Å²) in [7, 11) is 1.96. The summed E-state index contributed by atoms with van der Waals surface area (Å²) in [4.78, 5) is 2.48. The van der Waals surface area contributed by atoms with E-state index in [-0.39, 0.29) is 12.1 Å². The maximum Gasteiger partial charge on any atom is 0.0613 e. The molecule has 0 aliphatic heterocycles. The highest BCUT2D eigenvalue weighted by Gasteiger charge is 2.36. The maximum atomic E-state index is 9.74. The number of nitrogens with zero attached hydrogens (tertiary/aromatic N) is 1. The van der Waals surface area contributed by atoms with Crippen molar-refractivity contribution in [3.8, 4) is 0 Å². The lowest BCUT2D eigenvalue weighted by Crippen LogP contribution is -2.55. The topological polar surface area (TPSA) is 54.0 Å². The molecular weight excluding hydrogens is 268 g/mol. The molecule has 0 bridgehead atoms. The van der Waals surface area contributed by atoms with Crippen molar-refractivity contribution in [2.24, 2.45) is 0 Å². The number of nitrogens with one attached hydrogen (secondary N) is 1. The third-order valence-corrected chi connectivity index (χ3v) is 4.62. The van der Waals surface area contributed by atoms with Gasteiger partial charge in [-0.2, -0.15) is 0 Å². The van der Waals surface area contributed by atoms with Gasteiger partial charge in [0.05, 0.1) is 19.8 Å². The monoisotopic (exact) mass is 302 g/mol. The molecular formula is C16H34N2O3. The lowest BCUT2D eigenvalue weighted by Gasteiger charge is -2.44. The minimum Gasteiger partial charge on any atom is -0.394 e. The van der Waals surface area contributed by atoms with E-state index in [1.807, 2.05) is 20.9 Å². The average molecular weight is 302 g/mol. The minimum absolute atomic E-state index is 0.113. The first-order chi connectivity index (χ1) is 10.2. The fourth-order valence-corrected chi connectivity index (χ4v) is 3.22. The zero-order chi connectivity index (χ0) is 15.6. The molecule has 0 aromatic carbocycles.